The second kappa shape index (κ2) is 18.9. The van der Waals surface area contributed by atoms with Crippen molar-refractivity contribution < 1.29 is 9.59 Å². The molecular weight excluding hydrogens is 683 g/mol. The van der Waals surface area contributed by atoms with Crippen LogP contribution >= 0.6 is 0 Å². The Balaban J connectivity index is 0.00000145. The fraction of sp³-hybridized carbons (Fsp3) is 0.283. The first kappa shape index (κ1) is 41.6. The van der Waals surface area contributed by atoms with Crippen LogP contribution < -0.4 is 4.90 Å². The summed E-state index contributed by atoms with van der Waals surface area (Å²) in [6.45, 7) is 16.6. The molecule has 1 aliphatic heterocycles. The van der Waals surface area contributed by atoms with Gasteiger partial charge in [-0.05, 0) is 88.5 Å². The SMILES string of the molecule is C=O.C=O.CC(C)(C)c1ccc(N2C/C=C\C(C(C)(c3ccccc3)C3C=CC=CC3)=C/CC3=CC(C(C)(c4ccccc4)C4C=CC=CC4)=CCC=C32)cc1. The van der Waals surface area contributed by atoms with E-state index in [1.54, 1.807) is 0 Å². The average molecular weight is 742 g/mol. The fourth-order valence-corrected chi connectivity index (χ4v) is 8.78. The van der Waals surface area contributed by atoms with Gasteiger partial charge in [0.25, 0.3) is 0 Å². The van der Waals surface area contributed by atoms with E-state index in [0.717, 1.165) is 32.2 Å². The molecule has 1 heterocycles. The molecule has 0 saturated heterocycles. The molecule has 0 bridgehead atoms. The van der Waals surface area contributed by atoms with Crippen LogP contribution in [0.15, 0.2) is 192 Å². The van der Waals surface area contributed by atoms with E-state index in [1.807, 2.05) is 13.6 Å². The van der Waals surface area contributed by atoms with E-state index in [0.29, 0.717) is 11.8 Å². The highest BCUT2D eigenvalue weighted by Crippen LogP contribution is 2.47. The van der Waals surface area contributed by atoms with Crippen LogP contribution in [0.3, 0.4) is 0 Å². The maximum Gasteiger partial charge on any atom is 0.106 e. The van der Waals surface area contributed by atoms with Crippen molar-refractivity contribution in [3.63, 3.8) is 0 Å². The Morgan fingerprint density at radius 2 is 1.11 bits per heavy atom. The van der Waals surface area contributed by atoms with Crippen molar-refractivity contribution in [1.29, 1.82) is 0 Å². The van der Waals surface area contributed by atoms with Gasteiger partial charge in [-0.1, -0.05) is 192 Å². The van der Waals surface area contributed by atoms with Gasteiger partial charge in [0.1, 0.15) is 13.6 Å². The van der Waals surface area contributed by atoms with Crippen molar-refractivity contribution in [2.75, 3.05) is 11.4 Å². The Labute approximate surface area is 336 Å². The van der Waals surface area contributed by atoms with Gasteiger partial charge in [-0.25, -0.2) is 0 Å². The molecule has 56 heavy (non-hydrogen) atoms. The topological polar surface area (TPSA) is 37.4 Å². The van der Waals surface area contributed by atoms with Crippen LogP contribution in [-0.4, -0.2) is 20.1 Å². The van der Waals surface area contributed by atoms with Gasteiger partial charge < -0.3 is 14.5 Å². The van der Waals surface area contributed by atoms with E-state index in [4.69, 9.17) is 9.59 Å². The Bertz CT molecular complexity index is 2050. The number of carbonyl (C=O) groups is 2. The summed E-state index contributed by atoms with van der Waals surface area (Å²) in [5, 5.41) is 0. The smallest absolute Gasteiger partial charge is 0.106 e. The summed E-state index contributed by atoms with van der Waals surface area (Å²) in [6.07, 6.45) is 37.1. The van der Waals surface area contributed by atoms with Crippen molar-refractivity contribution in [3.8, 4) is 0 Å². The second-order valence-corrected chi connectivity index (χ2v) is 16.3. The first-order chi connectivity index (χ1) is 27.2. The summed E-state index contributed by atoms with van der Waals surface area (Å²) in [7, 11) is 0. The van der Waals surface area contributed by atoms with Gasteiger partial charge in [0.2, 0.25) is 0 Å². The summed E-state index contributed by atoms with van der Waals surface area (Å²) < 4.78 is 0. The minimum absolute atomic E-state index is 0.103. The molecule has 4 aliphatic rings. The molecule has 3 aromatic rings. The van der Waals surface area contributed by atoms with Gasteiger partial charge in [0.15, 0.2) is 0 Å². The molecule has 0 radical (unpaired) electrons. The molecule has 3 heteroatoms. The molecule has 0 aromatic heterocycles. The zero-order valence-corrected chi connectivity index (χ0v) is 34.0. The normalized spacial score (nSPS) is 22.7. The first-order valence-corrected chi connectivity index (χ1v) is 19.9. The summed E-state index contributed by atoms with van der Waals surface area (Å²) in [4.78, 5) is 18.6. The van der Waals surface area contributed by atoms with Gasteiger partial charge in [0.05, 0.1) is 0 Å². The number of hydrogen-bond donors (Lipinski definition) is 0. The zero-order chi connectivity index (χ0) is 40.2. The molecule has 0 spiro atoms. The van der Waals surface area contributed by atoms with Crippen molar-refractivity contribution >= 4 is 19.3 Å². The number of allylic oxidation sites excluding steroid dienone is 16. The summed E-state index contributed by atoms with van der Waals surface area (Å²) in [6, 6.07) is 31.7. The number of fused-ring (bicyclic) bond motifs is 1. The molecule has 3 nitrogen and oxygen atoms in total. The third-order valence-corrected chi connectivity index (χ3v) is 12.2. The summed E-state index contributed by atoms with van der Waals surface area (Å²) in [5.41, 5.74) is 10.5. The molecule has 3 aromatic carbocycles. The number of benzene rings is 3. The Hall–Kier alpha value is -5.54. The average Bonchev–Trinajstić information content (AvgIpc) is 3.43. The van der Waals surface area contributed by atoms with E-state index in [2.05, 4.69) is 210 Å². The molecule has 0 amide bonds. The fourth-order valence-electron chi connectivity index (χ4n) is 8.78. The Kier molecular flexibility index (Phi) is 14.0. The van der Waals surface area contributed by atoms with E-state index in [1.165, 1.54) is 44.8 Å². The van der Waals surface area contributed by atoms with Crippen LogP contribution in [0.1, 0.15) is 77.0 Å². The Morgan fingerprint density at radius 3 is 1.61 bits per heavy atom. The molecule has 0 N–H and O–H groups in total. The number of rotatable bonds is 7. The van der Waals surface area contributed by atoms with Crippen molar-refractivity contribution in [2.24, 2.45) is 11.8 Å². The largest absolute Gasteiger partial charge is 0.338 e. The number of carbonyl (C=O) groups excluding carboxylic acids is 2. The third-order valence-electron chi connectivity index (χ3n) is 12.2. The molecule has 0 saturated carbocycles. The van der Waals surface area contributed by atoms with Gasteiger partial charge in [-0.2, -0.15) is 0 Å². The van der Waals surface area contributed by atoms with E-state index in [-0.39, 0.29) is 16.2 Å². The predicted octanol–water partition coefficient (Wildman–Crippen LogP) is 12.6. The summed E-state index contributed by atoms with van der Waals surface area (Å²) in [5.74, 6) is 0.723. The van der Waals surface area contributed by atoms with E-state index < -0.39 is 0 Å². The molecule has 4 unspecified atom stereocenters. The minimum Gasteiger partial charge on any atom is -0.338 e. The predicted molar refractivity (Wildman–Crippen MR) is 238 cm³/mol. The highest BCUT2D eigenvalue weighted by Gasteiger charge is 2.39. The molecular formula is C53H59NO2. The second-order valence-electron chi connectivity index (χ2n) is 16.3. The van der Waals surface area contributed by atoms with Crippen molar-refractivity contribution in [3.05, 3.63) is 209 Å². The highest BCUT2D eigenvalue weighted by molar-refractivity contribution is 5.62. The minimum atomic E-state index is -0.186. The molecule has 4 atom stereocenters. The van der Waals surface area contributed by atoms with Gasteiger partial charge in [0, 0.05) is 28.8 Å². The van der Waals surface area contributed by atoms with Crippen LogP contribution in [0.5, 0.6) is 0 Å². The van der Waals surface area contributed by atoms with Crippen LogP contribution in [0.4, 0.5) is 5.69 Å². The van der Waals surface area contributed by atoms with Gasteiger partial charge in [-0.15, -0.1) is 0 Å². The molecule has 7 rings (SSSR count). The first-order valence-electron chi connectivity index (χ1n) is 19.9. The monoisotopic (exact) mass is 741 g/mol. The van der Waals surface area contributed by atoms with Crippen LogP contribution in [-0.2, 0) is 25.8 Å². The zero-order valence-electron chi connectivity index (χ0n) is 34.0. The summed E-state index contributed by atoms with van der Waals surface area (Å²) >= 11 is 0. The highest BCUT2D eigenvalue weighted by atomic mass is 16.1. The van der Waals surface area contributed by atoms with Crippen molar-refractivity contribution in [2.45, 2.75) is 76.5 Å². The molecule has 288 valence electrons. The molecule has 0 fully saturated rings. The lowest BCUT2D eigenvalue weighted by atomic mass is 9.64. The van der Waals surface area contributed by atoms with Crippen LogP contribution in [0.2, 0.25) is 0 Å². The Morgan fingerprint density at radius 1 is 0.571 bits per heavy atom. The maximum absolute atomic E-state index is 8.00. The number of hydrogen-bond acceptors (Lipinski definition) is 3. The van der Waals surface area contributed by atoms with Gasteiger partial charge in [-0.3, -0.25) is 0 Å². The van der Waals surface area contributed by atoms with E-state index in [9.17, 15) is 0 Å². The maximum atomic E-state index is 8.00. The number of nitrogens with zero attached hydrogens (tertiary/aromatic N) is 1. The van der Waals surface area contributed by atoms with Gasteiger partial charge >= 0.3 is 0 Å². The lowest BCUT2D eigenvalue weighted by Crippen LogP contribution is -2.33. The molecule has 3 aliphatic carbocycles. The van der Waals surface area contributed by atoms with Crippen LogP contribution in [0, 0.1) is 11.8 Å². The third kappa shape index (κ3) is 8.79. The number of anilines is 1. The van der Waals surface area contributed by atoms with Crippen LogP contribution in [0.25, 0.3) is 0 Å². The lowest BCUT2D eigenvalue weighted by molar-refractivity contribution is -0.0987. The van der Waals surface area contributed by atoms with E-state index >= 15 is 0 Å². The van der Waals surface area contributed by atoms with Crippen molar-refractivity contribution in [1.82, 2.24) is 0 Å². The lowest BCUT2D eigenvalue weighted by Gasteiger charge is -2.39. The quantitative estimate of drug-likeness (QED) is 0.242. The standard InChI is InChI=1S/C51H55N.2CH2O/c1-49(2,3)40-33-35-47(36-34-40)52-37-19-29-45(50(4,41-20-10-6-11-21-41)42-22-12-7-13-23-42)32-31-39-38-46(28-18-30-48(39)52)51(5,43-24-14-8-15-25-43)44-26-16-9-17-27-44;2*1-2/h6-17,19-22,24-26,28-30,32-36,38,42,44H,18,23,27,31,37H2,1-5H3;2*1H2/b29-19-,45-32+;;.